The van der Waals surface area contributed by atoms with Crippen LogP contribution >= 0.6 is 0 Å². The van der Waals surface area contributed by atoms with E-state index in [-0.39, 0.29) is 17.3 Å². The Balaban J connectivity index is 1.72. The van der Waals surface area contributed by atoms with Gasteiger partial charge in [-0.25, -0.2) is 8.42 Å². The Labute approximate surface area is 171 Å². The average Bonchev–Trinajstić information content (AvgIpc) is 3.21. The maximum atomic E-state index is 12.9. The first kappa shape index (κ1) is 21.4. The summed E-state index contributed by atoms with van der Waals surface area (Å²) in [4.78, 5) is 14.4. The first-order valence-electron chi connectivity index (χ1n) is 9.59. The van der Waals surface area contributed by atoms with Crippen LogP contribution in [0, 0.1) is 0 Å². The fourth-order valence-corrected chi connectivity index (χ4v) is 4.90. The highest BCUT2D eigenvalue weighted by Crippen LogP contribution is 2.30. The third kappa shape index (κ3) is 5.37. The maximum Gasteiger partial charge on any atom is 0.243 e. The molecule has 1 fully saturated rings. The lowest BCUT2D eigenvalue weighted by atomic mass is 10.2. The SMILES string of the molecule is COc1ccc(S(=O)(=O)N2CCCCC2)cc1NC(=O)CN(C)Cc1ccco1. The first-order valence-corrected chi connectivity index (χ1v) is 11.0. The molecule has 0 atom stereocenters. The number of furan rings is 1. The Morgan fingerprint density at radius 1 is 1.24 bits per heavy atom. The predicted molar refractivity (Wildman–Crippen MR) is 109 cm³/mol. The van der Waals surface area contributed by atoms with Crippen molar-refractivity contribution in [3.05, 3.63) is 42.4 Å². The molecule has 0 radical (unpaired) electrons. The van der Waals surface area contributed by atoms with Crippen LogP contribution in [0.25, 0.3) is 0 Å². The number of carbonyl (C=O) groups is 1. The van der Waals surface area contributed by atoms with Gasteiger partial charge in [0, 0.05) is 13.1 Å². The minimum atomic E-state index is -3.60. The molecule has 0 saturated carbocycles. The summed E-state index contributed by atoms with van der Waals surface area (Å²) in [6, 6.07) is 8.18. The number of benzene rings is 1. The summed E-state index contributed by atoms with van der Waals surface area (Å²) in [5.74, 6) is 0.891. The Hall–Kier alpha value is -2.36. The number of nitrogens with one attached hydrogen (secondary N) is 1. The molecule has 1 aliphatic rings. The van der Waals surface area contributed by atoms with E-state index in [0.717, 1.165) is 25.0 Å². The van der Waals surface area contributed by atoms with E-state index < -0.39 is 10.0 Å². The second kappa shape index (κ2) is 9.43. The number of rotatable bonds is 8. The highest BCUT2D eigenvalue weighted by atomic mass is 32.2. The van der Waals surface area contributed by atoms with Crippen LogP contribution in [0.3, 0.4) is 0 Å². The number of amides is 1. The zero-order valence-electron chi connectivity index (χ0n) is 16.8. The van der Waals surface area contributed by atoms with E-state index >= 15 is 0 Å². The van der Waals surface area contributed by atoms with E-state index in [1.54, 1.807) is 30.3 Å². The number of nitrogens with zero attached hydrogens (tertiary/aromatic N) is 2. The van der Waals surface area contributed by atoms with Gasteiger partial charge in [-0.1, -0.05) is 6.42 Å². The van der Waals surface area contributed by atoms with Crippen molar-refractivity contribution in [2.45, 2.75) is 30.7 Å². The highest BCUT2D eigenvalue weighted by molar-refractivity contribution is 7.89. The van der Waals surface area contributed by atoms with Crippen molar-refractivity contribution in [1.82, 2.24) is 9.21 Å². The van der Waals surface area contributed by atoms with Gasteiger partial charge < -0.3 is 14.5 Å². The molecule has 1 aliphatic heterocycles. The van der Waals surface area contributed by atoms with E-state index in [2.05, 4.69) is 5.32 Å². The Bertz CT molecular complexity index is 922. The average molecular weight is 422 g/mol. The summed E-state index contributed by atoms with van der Waals surface area (Å²) in [6.07, 6.45) is 4.35. The van der Waals surface area contributed by atoms with Gasteiger partial charge in [-0.05, 0) is 50.2 Å². The Morgan fingerprint density at radius 2 is 2.00 bits per heavy atom. The fraction of sp³-hybridized carbons (Fsp3) is 0.450. The van der Waals surface area contributed by atoms with Gasteiger partial charge in [-0.15, -0.1) is 0 Å². The van der Waals surface area contributed by atoms with E-state index in [4.69, 9.17) is 9.15 Å². The molecule has 0 spiro atoms. The molecule has 158 valence electrons. The van der Waals surface area contributed by atoms with Crippen LogP contribution < -0.4 is 10.1 Å². The van der Waals surface area contributed by atoms with Crippen molar-refractivity contribution in [1.29, 1.82) is 0 Å². The number of hydrogen-bond donors (Lipinski definition) is 1. The van der Waals surface area contributed by atoms with Crippen LogP contribution in [0.5, 0.6) is 5.75 Å². The van der Waals surface area contributed by atoms with Gasteiger partial charge in [-0.3, -0.25) is 9.69 Å². The van der Waals surface area contributed by atoms with Gasteiger partial charge in [0.25, 0.3) is 0 Å². The number of ether oxygens (including phenoxy) is 1. The molecule has 0 bridgehead atoms. The summed E-state index contributed by atoms with van der Waals surface area (Å²) < 4.78 is 38.0. The van der Waals surface area contributed by atoms with Gasteiger partial charge in [0.15, 0.2) is 0 Å². The Kier molecular flexibility index (Phi) is 6.94. The molecule has 8 nitrogen and oxygen atoms in total. The quantitative estimate of drug-likeness (QED) is 0.704. The van der Waals surface area contributed by atoms with Gasteiger partial charge in [-0.2, -0.15) is 4.31 Å². The molecule has 29 heavy (non-hydrogen) atoms. The van der Waals surface area contributed by atoms with Crippen LogP contribution in [0.4, 0.5) is 5.69 Å². The summed E-state index contributed by atoms with van der Waals surface area (Å²) in [5, 5.41) is 2.77. The number of anilines is 1. The zero-order valence-corrected chi connectivity index (χ0v) is 17.6. The molecule has 1 N–H and O–H groups in total. The lowest BCUT2D eigenvalue weighted by Crippen LogP contribution is -2.35. The van der Waals surface area contributed by atoms with Gasteiger partial charge >= 0.3 is 0 Å². The summed E-state index contributed by atoms with van der Waals surface area (Å²) in [7, 11) is -0.318. The number of likely N-dealkylation sites (N-methyl/N-ethyl adjacent to an activating group) is 1. The molecule has 2 aromatic rings. The minimum absolute atomic E-state index is 0.118. The highest BCUT2D eigenvalue weighted by Gasteiger charge is 2.27. The normalized spacial score (nSPS) is 15.4. The number of methoxy groups -OCH3 is 1. The summed E-state index contributed by atoms with van der Waals surface area (Å²) in [6.45, 7) is 1.65. The van der Waals surface area contributed by atoms with Crippen molar-refractivity contribution >= 4 is 21.6 Å². The van der Waals surface area contributed by atoms with E-state index in [1.807, 2.05) is 6.07 Å². The third-order valence-electron chi connectivity index (χ3n) is 4.82. The monoisotopic (exact) mass is 421 g/mol. The lowest BCUT2D eigenvalue weighted by Gasteiger charge is -2.26. The topological polar surface area (TPSA) is 92.1 Å². The van der Waals surface area contributed by atoms with Crippen molar-refractivity contribution in [2.75, 3.05) is 39.1 Å². The van der Waals surface area contributed by atoms with Gasteiger partial charge in [0.1, 0.15) is 11.5 Å². The number of carbonyl (C=O) groups excluding carboxylic acids is 1. The van der Waals surface area contributed by atoms with E-state index in [9.17, 15) is 13.2 Å². The second-order valence-corrected chi connectivity index (χ2v) is 9.06. The molecule has 9 heteroatoms. The van der Waals surface area contributed by atoms with Crippen LogP contribution in [-0.4, -0.2) is 57.3 Å². The number of hydrogen-bond acceptors (Lipinski definition) is 6. The fourth-order valence-electron chi connectivity index (χ4n) is 3.36. The first-order chi connectivity index (χ1) is 13.9. The number of sulfonamides is 1. The minimum Gasteiger partial charge on any atom is -0.495 e. The lowest BCUT2D eigenvalue weighted by molar-refractivity contribution is -0.117. The van der Waals surface area contributed by atoms with Crippen LogP contribution in [0.15, 0.2) is 45.9 Å². The van der Waals surface area contributed by atoms with Crippen LogP contribution in [0.2, 0.25) is 0 Å². The molecule has 2 heterocycles. The van der Waals surface area contributed by atoms with E-state index in [0.29, 0.717) is 31.1 Å². The van der Waals surface area contributed by atoms with Crippen molar-refractivity contribution in [2.24, 2.45) is 0 Å². The molecule has 1 aromatic heterocycles. The smallest absolute Gasteiger partial charge is 0.243 e. The standard InChI is InChI=1S/C20H27N3O5S/c1-22(14-16-7-6-12-28-16)15-20(24)21-18-13-17(8-9-19(18)27-2)29(25,26)23-10-4-3-5-11-23/h6-9,12-13H,3-5,10-11,14-15H2,1-2H3,(H,21,24). The number of piperidine rings is 1. The predicted octanol–water partition coefficient (Wildman–Crippen LogP) is 2.53. The molecule has 1 saturated heterocycles. The molecule has 1 amide bonds. The van der Waals surface area contributed by atoms with Gasteiger partial charge in [0.2, 0.25) is 15.9 Å². The van der Waals surface area contributed by atoms with Crippen molar-refractivity contribution in [3.63, 3.8) is 0 Å². The Morgan fingerprint density at radius 3 is 2.66 bits per heavy atom. The molecular weight excluding hydrogens is 394 g/mol. The molecule has 1 aromatic carbocycles. The summed E-state index contributed by atoms with van der Waals surface area (Å²) in [5.41, 5.74) is 0.335. The molecule has 3 rings (SSSR count). The largest absolute Gasteiger partial charge is 0.495 e. The van der Waals surface area contributed by atoms with Crippen molar-refractivity contribution in [3.8, 4) is 5.75 Å². The molecule has 0 unspecified atom stereocenters. The summed E-state index contributed by atoms with van der Waals surface area (Å²) >= 11 is 0. The van der Waals surface area contributed by atoms with Crippen molar-refractivity contribution < 1.29 is 22.4 Å². The van der Waals surface area contributed by atoms with Gasteiger partial charge in [0.05, 0.1) is 37.0 Å². The molecular formula is C20H27N3O5S. The van der Waals surface area contributed by atoms with Crippen LogP contribution in [0.1, 0.15) is 25.0 Å². The van der Waals surface area contributed by atoms with Crippen LogP contribution in [-0.2, 0) is 21.4 Å². The second-order valence-electron chi connectivity index (χ2n) is 7.13. The molecule has 0 aliphatic carbocycles. The third-order valence-corrected chi connectivity index (χ3v) is 6.71. The van der Waals surface area contributed by atoms with E-state index in [1.165, 1.54) is 23.5 Å². The maximum absolute atomic E-state index is 12.9. The zero-order chi connectivity index (χ0) is 20.9.